The predicted molar refractivity (Wildman–Crippen MR) is 297 cm³/mol. The summed E-state index contributed by atoms with van der Waals surface area (Å²) in [5, 5.41) is 11.8. The third-order valence-corrected chi connectivity index (χ3v) is 11.5. The molecule has 0 N–H and O–H groups in total. The van der Waals surface area contributed by atoms with Crippen molar-refractivity contribution in [3.63, 3.8) is 0 Å². The molecule has 0 aliphatic rings. The van der Waals surface area contributed by atoms with Crippen molar-refractivity contribution in [2.45, 2.75) is 219 Å². The lowest BCUT2D eigenvalue weighted by atomic mass is 10.0. The molecule has 0 aromatic carbocycles. The van der Waals surface area contributed by atoms with Crippen LogP contribution in [0.15, 0.2) is 109 Å². The quantitative estimate of drug-likeness (QED) is 0.0195. The number of hydrogen-bond donors (Lipinski definition) is 0. The minimum atomic E-state index is -1.64. The summed E-state index contributed by atoms with van der Waals surface area (Å²) in [7, 11) is 5.89. The fourth-order valence-corrected chi connectivity index (χ4v) is 7.27. The van der Waals surface area contributed by atoms with Crippen molar-refractivity contribution in [3.8, 4) is 0 Å². The van der Waals surface area contributed by atoms with E-state index in [1.54, 1.807) is 0 Å². The van der Waals surface area contributed by atoms with E-state index in [0.29, 0.717) is 23.9 Å². The molecule has 0 bridgehead atoms. The number of likely N-dealkylation sites (N-methyl/N-ethyl adjacent to an activating group) is 1. The molecule has 0 spiro atoms. The summed E-state index contributed by atoms with van der Waals surface area (Å²) in [6, 6.07) is 0. The van der Waals surface area contributed by atoms with Crippen LogP contribution in [0, 0.1) is 0 Å². The van der Waals surface area contributed by atoms with E-state index in [9.17, 15) is 19.5 Å². The van der Waals surface area contributed by atoms with Gasteiger partial charge in [0.15, 0.2) is 12.4 Å². The average Bonchev–Trinajstić information content (AvgIpc) is 3.34. The summed E-state index contributed by atoms with van der Waals surface area (Å²) in [5.41, 5.74) is 0. The van der Waals surface area contributed by atoms with E-state index in [0.717, 1.165) is 77.0 Å². The number of aliphatic carboxylic acids is 1. The van der Waals surface area contributed by atoms with Crippen LogP contribution in [0.3, 0.4) is 0 Å². The highest BCUT2D eigenvalue weighted by Gasteiger charge is 2.21. The first-order valence-electron chi connectivity index (χ1n) is 28.0. The first-order valence-corrected chi connectivity index (χ1v) is 28.0. The number of carbonyl (C=O) groups is 3. The van der Waals surface area contributed by atoms with Gasteiger partial charge < -0.3 is 33.3 Å². The Balaban J connectivity index is 4.25. The first-order chi connectivity index (χ1) is 34.6. The van der Waals surface area contributed by atoms with Crippen molar-refractivity contribution in [2.75, 3.05) is 47.5 Å². The summed E-state index contributed by atoms with van der Waals surface area (Å²) < 4.78 is 22.6. The van der Waals surface area contributed by atoms with Crippen molar-refractivity contribution >= 4 is 17.9 Å². The number of unbranched alkanes of at least 4 members (excludes halogenated alkanes) is 17. The van der Waals surface area contributed by atoms with Crippen molar-refractivity contribution in [1.82, 2.24) is 0 Å². The van der Waals surface area contributed by atoms with Crippen LogP contribution in [-0.2, 0) is 33.3 Å². The number of carboxylic acid groups (broad SMARTS) is 1. The maximum Gasteiger partial charge on any atom is 0.306 e. The fourth-order valence-electron chi connectivity index (χ4n) is 7.27. The van der Waals surface area contributed by atoms with Gasteiger partial charge >= 0.3 is 11.9 Å². The van der Waals surface area contributed by atoms with E-state index in [4.69, 9.17) is 18.9 Å². The number of carboxylic acids is 1. The Morgan fingerprint density at radius 2 is 0.775 bits per heavy atom. The SMILES string of the molecule is CC/C=C\C/C=C\C/C=C\C/C=C\C/C=C\CCCC(=O)OC(COC(=O)CCCCCCCCCCCCCCCCCC/C=C\C/C=C\C/C=C\C/C=C\CC)COC(OCC[N+](C)(C)C)C(=O)[O-]. The van der Waals surface area contributed by atoms with Crippen molar-refractivity contribution in [1.29, 1.82) is 0 Å². The second kappa shape index (κ2) is 52.3. The number of quaternary nitrogens is 1. The number of rotatable bonds is 50. The molecule has 2 atom stereocenters. The lowest BCUT2D eigenvalue weighted by Crippen LogP contribution is -2.44. The smallest absolute Gasteiger partial charge is 0.306 e. The zero-order chi connectivity index (χ0) is 52.0. The molecule has 0 aromatic rings. The van der Waals surface area contributed by atoms with Crippen LogP contribution in [0.2, 0.25) is 0 Å². The van der Waals surface area contributed by atoms with E-state index >= 15 is 0 Å². The van der Waals surface area contributed by atoms with E-state index in [1.807, 2.05) is 27.2 Å². The Morgan fingerprint density at radius 3 is 1.17 bits per heavy atom. The number of allylic oxidation sites excluding steroid dienone is 18. The molecule has 0 saturated heterocycles. The lowest BCUT2D eigenvalue weighted by Gasteiger charge is -2.26. The number of carbonyl (C=O) groups excluding carboxylic acids is 3. The molecule has 0 fully saturated rings. The van der Waals surface area contributed by atoms with Crippen LogP contribution in [0.25, 0.3) is 0 Å². The van der Waals surface area contributed by atoms with E-state index < -0.39 is 24.3 Å². The van der Waals surface area contributed by atoms with Crippen LogP contribution in [0.4, 0.5) is 0 Å². The highest BCUT2D eigenvalue weighted by atomic mass is 16.7. The van der Waals surface area contributed by atoms with Crippen molar-refractivity contribution in [2.24, 2.45) is 0 Å². The summed E-state index contributed by atoms with van der Waals surface area (Å²) >= 11 is 0. The van der Waals surface area contributed by atoms with Crippen LogP contribution in [0.1, 0.15) is 206 Å². The standard InChI is InChI=1S/C62H103NO8/c1-6-8-10-12-14-16-18-20-22-24-25-26-27-28-29-30-31-32-33-34-35-37-38-40-42-44-46-48-50-52-59(64)69-56-58(57-70-62(61(66)67)68-55-54-63(3,4)5)71-60(65)53-51-49-47-45-43-41-39-36-23-21-19-17-15-13-11-9-7-2/h8-11,14-17,20-23,25-26,39,41,45,47,58,62H,6-7,12-13,18-19,24,27-38,40,42-44,46,48-57H2,1-5H3/b10-8-,11-9-,16-14-,17-15-,22-20-,23-21-,26-25-,41-39-,47-45-. The van der Waals surface area contributed by atoms with Gasteiger partial charge in [-0.25, -0.2) is 0 Å². The van der Waals surface area contributed by atoms with Crippen molar-refractivity contribution < 1.29 is 42.9 Å². The van der Waals surface area contributed by atoms with Gasteiger partial charge in [0.05, 0.1) is 40.3 Å². The molecule has 404 valence electrons. The molecule has 0 heterocycles. The summed E-state index contributed by atoms with van der Waals surface area (Å²) in [4.78, 5) is 37.2. The Labute approximate surface area is 434 Å². The third-order valence-electron chi connectivity index (χ3n) is 11.5. The molecule has 0 rings (SSSR count). The number of nitrogens with zero attached hydrogens (tertiary/aromatic N) is 1. The highest BCUT2D eigenvalue weighted by Crippen LogP contribution is 2.15. The Kier molecular flexibility index (Phi) is 49.3. The van der Waals surface area contributed by atoms with Gasteiger partial charge in [-0.2, -0.15) is 0 Å². The molecule has 9 nitrogen and oxygen atoms in total. The molecule has 71 heavy (non-hydrogen) atoms. The molecular formula is C62H103NO8. The van der Waals surface area contributed by atoms with Gasteiger partial charge in [-0.3, -0.25) is 9.59 Å². The van der Waals surface area contributed by atoms with Gasteiger partial charge in [0.25, 0.3) is 0 Å². The molecule has 0 aromatic heterocycles. The van der Waals surface area contributed by atoms with Gasteiger partial charge in [-0.15, -0.1) is 0 Å². The largest absolute Gasteiger partial charge is 0.545 e. The van der Waals surface area contributed by atoms with Gasteiger partial charge in [-0.1, -0.05) is 213 Å². The molecule has 2 unspecified atom stereocenters. The van der Waals surface area contributed by atoms with Crippen LogP contribution in [-0.4, -0.2) is 82.3 Å². The summed E-state index contributed by atoms with van der Waals surface area (Å²) in [6.07, 6.45) is 68.7. The highest BCUT2D eigenvalue weighted by molar-refractivity contribution is 5.70. The van der Waals surface area contributed by atoms with Crippen LogP contribution >= 0.6 is 0 Å². The topological polar surface area (TPSA) is 111 Å². The first kappa shape index (κ1) is 67.0. The minimum absolute atomic E-state index is 0.132. The van der Waals surface area contributed by atoms with E-state index in [2.05, 4.69) is 117 Å². The molecule has 0 aliphatic heterocycles. The van der Waals surface area contributed by atoms with Crippen molar-refractivity contribution in [3.05, 3.63) is 109 Å². The molecule has 0 radical (unpaired) electrons. The lowest BCUT2D eigenvalue weighted by molar-refractivity contribution is -0.870. The van der Waals surface area contributed by atoms with E-state index in [1.165, 1.54) is 89.9 Å². The van der Waals surface area contributed by atoms with Crippen LogP contribution < -0.4 is 5.11 Å². The maximum absolute atomic E-state index is 12.8. The molecule has 9 heteroatoms. The minimum Gasteiger partial charge on any atom is -0.545 e. The second-order valence-electron chi connectivity index (χ2n) is 19.5. The van der Waals surface area contributed by atoms with Gasteiger partial charge in [0.2, 0.25) is 0 Å². The van der Waals surface area contributed by atoms with Gasteiger partial charge in [0, 0.05) is 12.8 Å². The second-order valence-corrected chi connectivity index (χ2v) is 19.5. The van der Waals surface area contributed by atoms with Gasteiger partial charge in [0.1, 0.15) is 13.2 Å². The van der Waals surface area contributed by atoms with Crippen LogP contribution in [0.5, 0.6) is 0 Å². The average molecular weight is 991 g/mol. The number of esters is 2. The Hall–Kier alpha value is -4.05. The summed E-state index contributed by atoms with van der Waals surface area (Å²) in [5.74, 6) is -2.37. The monoisotopic (exact) mass is 990 g/mol. The molecule has 0 saturated carbocycles. The third kappa shape index (κ3) is 53.6. The predicted octanol–water partition coefficient (Wildman–Crippen LogP) is 15.0. The zero-order valence-corrected chi connectivity index (χ0v) is 45.8. The Bertz CT molecular complexity index is 1530. The zero-order valence-electron chi connectivity index (χ0n) is 45.8. The summed E-state index contributed by atoms with van der Waals surface area (Å²) in [6.45, 7) is 4.44. The normalized spacial score (nSPS) is 13.6. The number of hydrogen-bond acceptors (Lipinski definition) is 8. The Morgan fingerprint density at radius 1 is 0.423 bits per heavy atom. The fraction of sp³-hybridized carbons (Fsp3) is 0.661. The van der Waals surface area contributed by atoms with E-state index in [-0.39, 0.29) is 38.6 Å². The maximum atomic E-state index is 12.8. The molecular weight excluding hydrogens is 887 g/mol. The number of ether oxygens (including phenoxy) is 4. The molecule has 0 aliphatic carbocycles. The molecule has 0 amide bonds. The van der Waals surface area contributed by atoms with Gasteiger partial charge in [-0.05, 0) is 89.9 Å².